The predicted molar refractivity (Wildman–Crippen MR) is 180 cm³/mol. The Hall–Kier alpha value is -1.50. The zero-order chi connectivity index (χ0) is 35.6. The van der Waals surface area contributed by atoms with Crippen LogP contribution in [0.3, 0.4) is 0 Å². The molecule has 0 aliphatic carbocycles. The Morgan fingerprint density at radius 3 is 0.939 bits per heavy atom. The van der Waals surface area contributed by atoms with Gasteiger partial charge in [0.1, 0.15) is 6.61 Å². The maximum atomic E-state index is 11.5. The third kappa shape index (κ3) is 44.5. The highest BCUT2D eigenvalue weighted by Crippen LogP contribution is 2.01. The molecular weight excluding hydrogens is 648 g/mol. The molecule has 0 unspecified atom stereocenters. The van der Waals surface area contributed by atoms with Crippen molar-refractivity contribution in [2.24, 2.45) is 0 Å². The summed E-state index contributed by atoms with van der Waals surface area (Å²) in [5.41, 5.74) is 0. The van der Waals surface area contributed by atoms with Crippen LogP contribution >= 0.6 is 0 Å². The van der Waals surface area contributed by atoms with Crippen LogP contribution in [-0.2, 0) is 66.4 Å². The number of ether oxygens (including phenoxy) is 12. The molecule has 0 aliphatic heterocycles. The van der Waals surface area contributed by atoms with E-state index in [2.05, 4.69) is 6.92 Å². The lowest BCUT2D eigenvalue weighted by molar-refractivity contribution is -0.146. The van der Waals surface area contributed by atoms with Crippen molar-refractivity contribution in [2.75, 3.05) is 152 Å². The van der Waals surface area contributed by atoms with Crippen molar-refractivity contribution in [3.8, 4) is 0 Å². The first-order chi connectivity index (χ1) is 24.2. The molecule has 1 N–H and O–H groups in total. The Labute approximate surface area is 293 Å². The number of hydrogen-bond donors (Lipinski definition) is 1. The lowest BCUT2D eigenvalue weighted by Gasteiger charge is -2.09. The molecule has 0 bridgehead atoms. The van der Waals surface area contributed by atoms with Crippen LogP contribution < -0.4 is 0 Å². The van der Waals surface area contributed by atoms with Crippen LogP contribution in [0.2, 0.25) is 0 Å². The van der Waals surface area contributed by atoms with E-state index < -0.39 is 5.97 Å². The van der Waals surface area contributed by atoms with Gasteiger partial charge in [0.25, 0.3) is 0 Å². The third-order valence-corrected chi connectivity index (χ3v) is 6.37. The molecule has 0 aliphatic rings. The predicted octanol–water partition coefficient (Wildman–Crippen LogP) is 2.94. The van der Waals surface area contributed by atoms with E-state index in [0.717, 1.165) is 13.0 Å². The number of unbranched alkanes of at least 4 members (excludes halogenated alkanes) is 4. The van der Waals surface area contributed by atoms with E-state index in [9.17, 15) is 9.59 Å². The second kappa shape index (κ2) is 42.7. The van der Waals surface area contributed by atoms with Crippen molar-refractivity contribution in [1.82, 2.24) is 0 Å². The van der Waals surface area contributed by atoms with Gasteiger partial charge in [-0.05, 0) is 19.3 Å². The summed E-state index contributed by atoms with van der Waals surface area (Å²) < 4.78 is 65.0. The van der Waals surface area contributed by atoms with Crippen LogP contribution in [0.5, 0.6) is 0 Å². The molecule has 0 aromatic rings. The van der Waals surface area contributed by atoms with E-state index in [1.54, 1.807) is 0 Å². The first-order valence-corrected chi connectivity index (χ1v) is 17.9. The third-order valence-electron chi connectivity index (χ3n) is 6.37. The van der Waals surface area contributed by atoms with E-state index in [1.807, 2.05) is 0 Å². The molecular formula is C34H66O15. The van der Waals surface area contributed by atoms with Crippen molar-refractivity contribution in [1.29, 1.82) is 0 Å². The number of carbonyl (C=O) groups excluding carboxylic acids is 1. The van der Waals surface area contributed by atoms with Crippen LogP contribution in [0.15, 0.2) is 0 Å². The molecule has 49 heavy (non-hydrogen) atoms. The van der Waals surface area contributed by atoms with Crippen LogP contribution in [0, 0.1) is 0 Å². The van der Waals surface area contributed by atoms with E-state index >= 15 is 0 Å². The van der Waals surface area contributed by atoms with Crippen molar-refractivity contribution in [3.63, 3.8) is 0 Å². The van der Waals surface area contributed by atoms with Gasteiger partial charge in [-0.2, -0.15) is 0 Å². The van der Waals surface area contributed by atoms with Gasteiger partial charge in [0.05, 0.1) is 139 Å². The Morgan fingerprint density at radius 2 is 0.633 bits per heavy atom. The molecule has 0 saturated heterocycles. The number of hydrogen-bond acceptors (Lipinski definition) is 14. The first-order valence-electron chi connectivity index (χ1n) is 17.9. The first kappa shape index (κ1) is 47.5. The molecule has 292 valence electrons. The minimum Gasteiger partial charge on any atom is -0.481 e. The molecule has 0 aromatic carbocycles. The summed E-state index contributed by atoms with van der Waals surface area (Å²) in [4.78, 5) is 21.9. The fourth-order valence-corrected chi connectivity index (χ4v) is 3.76. The second-order valence-electron chi connectivity index (χ2n) is 10.6. The van der Waals surface area contributed by atoms with Crippen molar-refractivity contribution < 1.29 is 71.5 Å². The van der Waals surface area contributed by atoms with E-state index in [-0.39, 0.29) is 32.0 Å². The number of aliphatic carboxylic acids is 1. The summed E-state index contributed by atoms with van der Waals surface area (Å²) in [5.74, 6) is -1.21. The van der Waals surface area contributed by atoms with Crippen LogP contribution in [0.1, 0.15) is 58.3 Å². The lowest BCUT2D eigenvalue weighted by Crippen LogP contribution is -2.15. The zero-order valence-electron chi connectivity index (χ0n) is 30.1. The summed E-state index contributed by atoms with van der Waals surface area (Å²) in [6.07, 6.45) is 6.11. The molecule has 15 nitrogen and oxygen atoms in total. The quantitative estimate of drug-likeness (QED) is 0.0724. The van der Waals surface area contributed by atoms with Gasteiger partial charge >= 0.3 is 11.9 Å². The van der Waals surface area contributed by atoms with E-state index in [4.69, 9.17) is 61.9 Å². The second-order valence-corrected chi connectivity index (χ2v) is 10.6. The van der Waals surface area contributed by atoms with E-state index in [1.165, 1.54) is 19.3 Å². The lowest BCUT2D eigenvalue weighted by atomic mass is 10.2. The van der Waals surface area contributed by atoms with Crippen molar-refractivity contribution in [2.45, 2.75) is 58.3 Å². The molecule has 0 fully saturated rings. The normalized spacial score (nSPS) is 11.4. The smallest absolute Gasteiger partial charge is 0.305 e. The highest BCUT2D eigenvalue weighted by molar-refractivity contribution is 5.69. The zero-order valence-corrected chi connectivity index (χ0v) is 30.1. The van der Waals surface area contributed by atoms with Gasteiger partial charge in [0, 0.05) is 19.4 Å². The van der Waals surface area contributed by atoms with Gasteiger partial charge in [-0.3, -0.25) is 9.59 Å². The van der Waals surface area contributed by atoms with Crippen LogP contribution in [0.4, 0.5) is 0 Å². The molecule has 0 atom stereocenters. The Kier molecular flexibility index (Phi) is 41.4. The number of carboxylic acids is 1. The minimum atomic E-state index is -0.862. The summed E-state index contributed by atoms with van der Waals surface area (Å²) in [6, 6.07) is 0. The minimum absolute atomic E-state index is 0.0607. The van der Waals surface area contributed by atoms with Gasteiger partial charge in [-0.1, -0.05) is 26.2 Å². The number of esters is 1. The monoisotopic (exact) mass is 714 g/mol. The van der Waals surface area contributed by atoms with Crippen LogP contribution in [-0.4, -0.2) is 169 Å². The molecule has 0 amide bonds. The van der Waals surface area contributed by atoms with Gasteiger partial charge < -0.3 is 61.9 Å². The van der Waals surface area contributed by atoms with Gasteiger partial charge in [0.2, 0.25) is 0 Å². The molecule has 0 radical (unpaired) electrons. The summed E-state index contributed by atoms with van der Waals surface area (Å²) >= 11 is 0. The summed E-state index contributed by atoms with van der Waals surface area (Å²) in [6.45, 7) is 13.5. The summed E-state index contributed by atoms with van der Waals surface area (Å²) in [7, 11) is 0. The maximum absolute atomic E-state index is 11.5. The molecule has 15 heteroatoms. The SMILES string of the molecule is CCCCCCOCCOCCOCCOCCOCCOCCOCCOCCOCCOCCOCCOC(=O)CCCCC(=O)O. The molecule has 0 heterocycles. The Morgan fingerprint density at radius 1 is 0.347 bits per heavy atom. The van der Waals surface area contributed by atoms with Gasteiger partial charge in [0.15, 0.2) is 0 Å². The molecule has 0 spiro atoms. The van der Waals surface area contributed by atoms with Gasteiger partial charge in [-0.15, -0.1) is 0 Å². The van der Waals surface area contributed by atoms with Crippen molar-refractivity contribution >= 4 is 11.9 Å². The summed E-state index contributed by atoms with van der Waals surface area (Å²) in [5, 5.41) is 8.55. The largest absolute Gasteiger partial charge is 0.481 e. The average Bonchev–Trinajstić information content (AvgIpc) is 3.09. The maximum Gasteiger partial charge on any atom is 0.305 e. The van der Waals surface area contributed by atoms with Gasteiger partial charge in [-0.25, -0.2) is 0 Å². The fourth-order valence-electron chi connectivity index (χ4n) is 3.76. The van der Waals surface area contributed by atoms with Crippen LogP contribution in [0.25, 0.3) is 0 Å². The fraction of sp³-hybridized carbons (Fsp3) is 0.941. The van der Waals surface area contributed by atoms with Crippen molar-refractivity contribution in [3.05, 3.63) is 0 Å². The molecule has 0 aromatic heterocycles. The molecule has 0 rings (SSSR count). The highest BCUT2D eigenvalue weighted by Gasteiger charge is 2.04. The Bertz CT molecular complexity index is 671. The Balaban J connectivity index is 3.09. The topological polar surface area (TPSA) is 165 Å². The van der Waals surface area contributed by atoms with E-state index in [0.29, 0.717) is 145 Å². The molecule has 0 saturated carbocycles. The number of carboxylic acid groups (broad SMARTS) is 1. The highest BCUT2D eigenvalue weighted by atomic mass is 16.6. The number of rotatable bonds is 43. The number of carbonyl (C=O) groups is 2. The average molecular weight is 715 g/mol. The standard InChI is InChI=1S/C34H66O15/c1-2-3-4-7-10-38-11-12-39-13-14-40-15-16-41-17-18-42-19-20-43-21-22-44-23-24-45-25-26-46-27-28-47-29-30-48-31-32-49-34(37)9-6-5-8-33(35)36/h2-32H2,1H3,(H,35,36).